The molecule has 1 aliphatic carbocycles. The second kappa shape index (κ2) is 12.0. The molecule has 3 aromatic rings. The number of hydrogen-bond donors (Lipinski definition) is 1. The van der Waals surface area contributed by atoms with E-state index in [1.807, 2.05) is 0 Å². The third-order valence-electron chi connectivity index (χ3n) is 6.27. The molecule has 0 aliphatic heterocycles. The first-order valence-electron chi connectivity index (χ1n) is 11.7. The molecule has 1 heterocycles. The van der Waals surface area contributed by atoms with Gasteiger partial charge in [0, 0.05) is 24.2 Å². The lowest BCUT2D eigenvalue weighted by Gasteiger charge is -2.32. The second-order valence-corrected chi connectivity index (χ2v) is 10.3. The first-order chi connectivity index (χ1) is 17.9. The summed E-state index contributed by atoms with van der Waals surface area (Å²) in [6.07, 6.45) is 3.85. The minimum Gasteiger partial charge on any atom is -0.497 e. The van der Waals surface area contributed by atoms with E-state index in [2.05, 4.69) is 9.69 Å². The largest absolute Gasteiger partial charge is 0.497 e. The number of rotatable bonds is 9. The fraction of sp³-hybridized carbons (Fsp3) is 0.346. The molecule has 0 spiro atoms. The maximum absolute atomic E-state index is 14.1. The lowest BCUT2D eigenvalue weighted by atomic mass is 10.0. The summed E-state index contributed by atoms with van der Waals surface area (Å²) in [5, 5.41) is 3.17. The second-order valence-electron chi connectivity index (χ2n) is 8.53. The van der Waals surface area contributed by atoms with Gasteiger partial charge in [-0.3, -0.25) is 14.5 Å². The van der Waals surface area contributed by atoms with E-state index in [9.17, 15) is 9.59 Å². The smallest absolute Gasteiger partial charge is 0.280 e. The van der Waals surface area contributed by atoms with E-state index in [1.165, 1.54) is 19.1 Å². The number of carbonyl (C=O) groups excluding carboxylic acids is 2. The fourth-order valence-electron chi connectivity index (χ4n) is 4.38. The summed E-state index contributed by atoms with van der Waals surface area (Å²) in [5.41, 5.74) is 0.887. The van der Waals surface area contributed by atoms with Gasteiger partial charge >= 0.3 is 0 Å². The molecule has 1 aromatic heterocycles. The first-order valence-corrected chi connectivity index (χ1v) is 13.2. The van der Waals surface area contributed by atoms with Crippen LogP contribution < -0.4 is 24.4 Å². The lowest BCUT2D eigenvalue weighted by molar-refractivity contribution is -0.123. The predicted octanol–water partition coefficient (Wildman–Crippen LogP) is 5.92. The normalized spacial score (nSPS) is 14.2. The zero-order valence-corrected chi connectivity index (χ0v) is 23.0. The Kier molecular flexibility index (Phi) is 8.79. The number of anilines is 1. The average Bonchev–Trinajstić information content (AvgIpc) is 3.55. The van der Waals surface area contributed by atoms with Crippen molar-refractivity contribution in [3.05, 3.63) is 63.1 Å². The summed E-state index contributed by atoms with van der Waals surface area (Å²) in [7, 11) is 4.58. The number of halogens is 2. The summed E-state index contributed by atoms with van der Waals surface area (Å²) in [6.45, 7) is 0. The Hall–Kier alpha value is -3.01. The zero-order valence-electron chi connectivity index (χ0n) is 20.6. The summed E-state index contributed by atoms with van der Waals surface area (Å²) >= 11 is 13.4. The van der Waals surface area contributed by atoms with Crippen molar-refractivity contribution in [2.24, 2.45) is 0 Å². The highest BCUT2D eigenvalue weighted by Gasteiger charge is 2.37. The van der Waals surface area contributed by atoms with Crippen LogP contribution in [0.3, 0.4) is 0 Å². The van der Waals surface area contributed by atoms with Gasteiger partial charge in [-0.2, -0.15) is 4.37 Å². The van der Waals surface area contributed by atoms with Crippen LogP contribution in [0.5, 0.6) is 17.2 Å². The van der Waals surface area contributed by atoms with E-state index < -0.39 is 11.9 Å². The standard InChI is InChI=1S/C26H27Cl2N3O5S/c1-34-18-10-8-15(9-11-18)23(25(32)29-16-6-4-5-7-16)31(26(33)22-21(27)24(28)37-30-22)17-12-19(35-2)14-20(13-17)36-3/h8-14,16,23H,4-7H2,1-3H3,(H,29,32)/t23-/m0/s1. The van der Waals surface area contributed by atoms with Crippen molar-refractivity contribution in [2.45, 2.75) is 37.8 Å². The van der Waals surface area contributed by atoms with Crippen LogP contribution >= 0.6 is 34.7 Å². The van der Waals surface area contributed by atoms with Crippen molar-refractivity contribution >= 4 is 52.2 Å². The van der Waals surface area contributed by atoms with Gasteiger partial charge < -0.3 is 19.5 Å². The zero-order chi connectivity index (χ0) is 26.5. The molecule has 0 saturated heterocycles. The number of aromatic nitrogens is 1. The van der Waals surface area contributed by atoms with E-state index in [-0.39, 0.29) is 27.0 Å². The maximum Gasteiger partial charge on any atom is 0.280 e. The van der Waals surface area contributed by atoms with Crippen LogP contribution in [0.25, 0.3) is 0 Å². The number of ether oxygens (including phenoxy) is 3. The van der Waals surface area contributed by atoms with Gasteiger partial charge in [0.05, 0.1) is 27.0 Å². The van der Waals surface area contributed by atoms with Crippen molar-refractivity contribution in [3.8, 4) is 17.2 Å². The molecule has 11 heteroatoms. The van der Waals surface area contributed by atoms with Gasteiger partial charge in [-0.15, -0.1) is 0 Å². The quantitative estimate of drug-likeness (QED) is 0.347. The van der Waals surface area contributed by atoms with Gasteiger partial charge in [0.25, 0.3) is 5.91 Å². The third kappa shape index (κ3) is 5.95. The summed E-state index contributed by atoms with van der Waals surface area (Å²) in [6, 6.07) is 11.0. The van der Waals surface area contributed by atoms with Crippen molar-refractivity contribution < 1.29 is 23.8 Å². The van der Waals surface area contributed by atoms with Gasteiger partial charge in [-0.1, -0.05) is 48.2 Å². The molecular weight excluding hydrogens is 537 g/mol. The number of amides is 2. The van der Waals surface area contributed by atoms with E-state index >= 15 is 0 Å². The van der Waals surface area contributed by atoms with Crippen LogP contribution in [0.4, 0.5) is 5.69 Å². The molecule has 2 amide bonds. The number of benzene rings is 2. The molecule has 1 N–H and O–H groups in total. The van der Waals surface area contributed by atoms with Gasteiger partial charge in [0.1, 0.15) is 32.6 Å². The lowest BCUT2D eigenvalue weighted by Crippen LogP contribution is -2.46. The van der Waals surface area contributed by atoms with Crippen molar-refractivity contribution in [2.75, 3.05) is 26.2 Å². The Labute approximate surface area is 229 Å². The molecule has 0 unspecified atom stereocenters. The average molecular weight is 564 g/mol. The summed E-state index contributed by atoms with van der Waals surface area (Å²) < 4.78 is 20.6. The van der Waals surface area contributed by atoms with Crippen LogP contribution in [-0.4, -0.2) is 43.6 Å². The molecular formula is C26H27Cl2N3O5S. The SMILES string of the molecule is COc1ccc([C@@H](C(=O)NC2CCCC2)N(C(=O)c2nsc(Cl)c2Cl)c2cc(OC)cc(OC)c2)cc1. The van der Waals surface area contributed by atoms with E-state index in [4.69, 9.17) is 37.4 Å². The highest BCUT2D eigenvalue weighted by molar-refractivity contribution is 7.11. The van der Waals surface area contributed by atoms with Crippen LogP contribution in [0.2, 0.25) is 9.36 Å². The molecule has 1 fully saturated rings. The minimum absolute atomic E-state index is 0.0289. The van der Waals surface area contributed by atoms with Gasteiger partial charge in [0.15, 0.2) is 5.69 Å². The number of methoxy groups -OCH3 is 3. The van der Waals surface area contributed by atoms with Gasteiger partial charge in [-0.05, 0) is 42.1 Å². The third-order valence-corrected chi connectivity index (χ3v) is 7.88. The summed E-state index contributed by atoms with van der Waals surface area (Å²) in [4.78, 5) is 29.4. The van der Waals surface area contributed by atoms with Gasteiger partial charge in [0.2, 0.25) is 5.91 Å². The Morgan fingerprint density at radius 3 is 2.08 bits per heavy atom. The Balaban J connectivity index is 1.89. The Bertz CT molecular complexity index is 1240. The van der Waals surface area contributed by atoms with Crippen molar-refractivity contribution in [1.29, 1.82) is 0 Å². The predicted molar refractivity (Wildman–Crippen MR) is 145 cm³/mol. The number of nitrogens with one attached hydrogen (secondary N) is 1. The molecule has 1 saturated carbocycles. The van der Waals surface area contributed by atoms with Crippen LogP contribution in [0.1, 0.15) is 47.8 Å². The molecule has 4 rings (SSSR count). The topological polar surface area (TPSA) is 90.0 Å². The molecule has 1 aliphatic rings. The molecule has 0 radical (unpaired) electrons. The first kappa shape index (κ1) is 27.0. The number of nitrogens with zero attached hydrogens (tertiary/aromatic N) is 2. The number of hydrogen-bond acceptors (Lipinski definition) is 7. The van der Waals surface area contributed by atoms with E-state index in [1.54, 1.807) is 49.6 Å². The molecule has 37 heavy (non-hydrogen) atoms. The molecule has 1 atom stereocenters. The van der Waals surface area contributed by atoms with Crippen LogP contribution in [0, 0.1) is 0 Å². The highest BCUT2D eigenvalue weighted by Crippen LogP contribution is 2.38. The minimum atomic E-state index is -1.06. The number of carbonyl (C=O) groups is 2. The molecule has 8 nitrogen and oxygen atoms in total. The van der Waals surface area contributed by atoms with Gasteiger partial charge in [-0.25, -0.2) is 0 Å². The molecule has 196 valence electrons. The Morgan fingerprint density at radius 2 is 1.57 bits per heavy atom. The van der Waals surface area contributed by atoms with Crippen LogP contribution in [0.15, 0.2) is 42.5 Å². The highest BCUT2D eigenvalue weighted by atomic mass is 35.5. The summed E-state index contributed by atoms with van der Waals surface area (Å²) in [5.74, 6) is 0.586. The van der Waals surface area contributed by atoms with E-state index in [0.29, 0.717) is 28.5 Å². The van der Waals surface area contributed by atoms with Crippen molar-refractivity contribution in [3.63, 3.8) is 0 Å². The van der Waals surface area contributed by atoms with Crippen LogP contribution in [-0.2, 0) is 4.79 Å². The fourth-order valence-corrected chi connectivity index (χ4v) is 5.36. The van der Waals surface area contributed by atoms with Crippen molar-refractivity contribution in [1.82, 2.24) is 9.69 Å². The molecule has 2 aromatic carbocycles. The maximum atomic E-state index is 14.1. The monoisotopic (exact) mass is 563 g/mol. The van der Waals surface area contributed by atoms with E-state index in [0.717, 1.165) is 37.2 Å². The Morgan fingerprint density at radius 1 is 0.973 bits per heavy atom. The molecule has 0 bridgehead atoms.